The second-order valence-electron chi connectivity index (χ2n) is 10.6. The number of non-ortho nitro benzene ring substituents is 1. The maximum absolute atomic E-state index is 13.3. The molecule has 0 saturated heterocycles. The highest BCUT2D eigenvalue weighted by atomic mass is 16.6. The van der Waals surface area contributed by atoms with Crippen molar-refractivity contribution >= 4 is 17.6 Å². The van der Waals surface area contributed by atoms with Crippen molar-refractivity contribution in [3.05, 3.63) is 80.7 Å². The van der Waals surface area contributed by atoms with E-state index < -0.39 is 35.0 Å². The third kappa shape index (κ3) is 9.43. The van der Waals surface area contributed by atoms with E-state index in [9.17, 15) is 35.2 Å². The van der Waals surface area contributed by atoms with Crippen molar-refractivity contribution in [3.63, 3.8) is 0 Å². The van der Waals surface area contributed by atoms with Crippen LogP contribution in [0, 0.1) is 21.4 Å². The molecule has 0 saturated carbocycles. The summed E-state index contributed by atoms with van der Waals surface area (Å²) >= 11 is 0. The number of unbranched alkanes of at least 4 members (excludes halogenated alkanes) is 1. The van der Waals surface area contributed by atoms with Crippen LogP contribution < -0.4 is 20.1 Å². The zero-order chi connectivity index (χ0) is 33.8. The number of benzene rings is 2. The van der Waals surface area contributed by atoms with Gasteiger partial charge in [0, 0.05) is 36.0 Å². The van der Waals surface area contributed by atoms with Crippen molar-refractivity contribution in [1.82, 2.24) is 10.6 Å². The van der Waals surface area contributed by atoms with Gasteiger partial charge in [-0.25, -0.2) is 9.59 Å². The summed E-state index contributed by atoms with van der Waals surface area (Å²) < 4.78 is 21.9. The lowest BCUT2D eigenvalue weighted by Gasteiger charge is -2.30. The first-order valence-corrected chi connectivity index (χ1v) is 14.6. The first kappa shape index (κ1) is 35.4. The van der Waals surface area contributed by atoms with Gasteiger partial charge in [-0.3, -0.25) is 10.1 Å². The summed E-state index contributed by atoms with van der Waals surface area (Å²) in [6.45, 7) is 5.87. The Labute approximate surface area is 266 Å². The molecule has 2 aromatic rings. The molecule has 2 aromatic carbocycles. The van der Waals surface area contributed by atoms with E-state index in [1.165, 1.54) is 37.3 Å². The third-order valence-electron chi connectivity index (χ3n) is 6.80. The van der Waals surface area contributed by atoms with Gasteiger partial charge in [0.25, 0.3) is 5.69 Å². The summed E-state index contributed by atoms with van der Waals surface area (Å²) in [7, 11) is 1.12. The average molecular weight is 639 g/mol. The third-order valence-corrected chi connectivity index (χ3v) is 6.80. The number of phenols is 1. The molecule has 1 heterocycles. The zero-order valence-corrected chi connectivity index (χ0v) is 26.1. The molecule has 0 amide bonds. The number of aliphatic hydroxyl groups is 1. The van der Waals surface area contributed by atoms with Gasteiger partial charge in [-0.15, -0.1) is 0 Å². The van der Waals surface area contributed by atoms with E-state index in [1.54, 1.807) is 26.0 Å². The van der Waals surface area contributed by atoms with Crippen molar-refractivity contribution in [1.29, 1.82) is 5.26 Å². The summed E-state index contributed by atoms with van der Waals surface area (Å²) in [5.41, 5.74) is -0.367. The number of aromatic hydroxyl groups is 1. The Morgan fingerprint density at radius 1 is 1.13 bits per heavy atom. The van der Waals surface area contributed by atoms with E-state index in [-0.39, 0.29) is 65.0 Å². The Hall–Kier alpha value is -5.13. The first-order valence-electron chi connectivity index (χ1n) is 14.6. The van der Waals surface area contributed by atoms with Crippen LogP contribution in [0.5, 0.6) is 17.2 Å². The number of nitrogens with zero attached hydrogens (tertiary/aromatic N) is 2. The number of esters is 2. The number of nitrogens with one attached hydrogen (secondary N) is 2. The number of ether oxygens (including phenoxy) is 4. The van der Waals surface area contributed by atoms with E-state index >= 15 is 0 Å². The fraction of sp³-hybridized carbons (Fsp3) is 0.406. The van der Waals surface area contributed by atoms with Gasteiger partial charge in [0.1, 0.15) is 41.7 Å². The van der Waals surface area contributed by atoms with E-state index in [2.05, 4.69) is 10.6 Å². The quantitative estimate of drug-likeness (QED) is 0.0903. The maximum Gasteiger partial charge on any atom is 0.337 e. The first-order chi connectivity index (χ1) is 22.0. The molecule has 0 radical (unpaired) electrons. The number of nitriles is 1. The monoisotopic (exact) mass is 638 g/mol. The molecule has 2 atom stereocenters. The molecular formula is C32H38N4O10. The molecular weight excluding hydrogens is 600 g/mol. The van der Waals surface area contributed by atoms with Crippen LogP contribution in [0.15, 0.2) is 65.0 Å². The number of phenolic OH excluding ortho intramolecular Hbond substituents is 1. The van der Waals surface area contributed by atoms with E-state index in [0.717, 1.165) is 7.11 Å². The highest BCUT2D eigenvalue weighted by Gasteiger charge is 2.41. The normalized spacial score (nSPS) is 15.1. The van der Waals surface area contributed by atoms with Crippen molar-refractivity contribution in [3.8, 4) is 23.3 Å². The summed E-state index contributed by atoms with van der Waals surface area (Å²) in [5, 5.41) is 47.2. The van der Waals surface area contributed by atoms with Crippen LogP contribution in [0.4, 0.5) is 5.69 Å². The molecule has 0 aromatic heterocycles. The molecule has 0 bridgehead atoms. The molecule has 2 unspecified atom stereocenters. The molecule has 46 heavy (non-hydrogen) atoms. The van der Waals surface area contributed by atoms with Gasteiger partial charge in [0.2, 0.25) is 0 Å². The lowest BCUT2D eigenvalue weighted by molar-refractivity contribution is -0.384. The number of nitro groups is 1. The summed E-state index contributed by atoms with van der Waals surface area (Å²) in [4.78, 5) is 37.5. The smallest absolute Gasteiger partial charge is 0.337 e. The van der Waals surface area contributed by atoms with Crippen LogP contribution in [0.1, 0.15) is 45.1 Å². The lowest BCUT2D eigenvalue weighted by Crippen LogP contribution is -2.33. The van der Waals surface area contributed by atoms with Crippen LogP contribution in [0.3, 0.4) is 0 Å². The van der Waals surface area contributed by atoms with Gasteiger partial charge in [-0.05, 0) is 58.4 Å². The number of dihydropyridines is 1. The predicted molar refractivity (Wildman–Crippen MR) is 165 cm³/mol. The molecule has 246 valence electrons. The molecule has 1 aliphatic heterocycles. The molecule has 0 fully saturated rings. The number of rotatable bonds is 16. The minimum Gasteiger partial charge on any atom is -0.508 e. The second-order valence-corrected chi connectivity index (χ2v) is 10.6. The van der Waals surface area contributed by atoms with Gasteiger partial charge in [0.15, 0.2) is 0 Å². The minimum absolute atomic E-state index is 0.0192. The Bertz CT molecular complexity index is 1530. The van der Waals surface area contributed by atoms with Crippen LogP contribution in [-0.2, 0) is 19.1 Å². The Morgan fingerprint density at radius 3 is 2.54 bits per heavy atom. The van der Waals surface area contributed by atoms with Gasteiger partial charge in [0.05, 0.1) is 41.8 Å². The highest BCUT2D eigenvalue weighted by Crippen LogP contribution is 2.44. The number of allylic oxidation sites excluding steroid dienone is 2. The lowest BCUT2D eigenvalue weighted by atomic mass is 9.79. The number of carbonyl (C=O) groups is 2. The second kappa shape index (κ2) is 16.8. The number of carbonyl (C=O) groups excluding carboxylic acids is 2. The zero-order valence-electron chi connectivity index (χ0n) is 26.1. The Balaban J connectivity index is 1.74. The van der Waals surface area contributed by atoms with Crippen molar-refractivity contribution in [2.45, 2.75) is 51.7 Å². The summed E-state index contributed by atoms with van der Waals surface area (Å²) in [6, 6.07) is 12.0. The van der Waals surface area contributed by atoms with Crippen molar-refractivity contribution in [2.75, 3.05) is 33.4 Å². The molecule has 0 spiro atoms. The number of methoxy groups -OCH3 is 1. The van der Waals surface area contributed by atoms with Gasteiger partial charge in [-0.2, -0.15) is 5.26 Å². The van der Waals surface area contributed by atoms with Crippen LogP contribution in [0.25, 0.3) is 0 Å². The summed E-state index contributed by atoms with van der Waals surface area (Å²) in [5.74, 6) is -2.27. The topological polar surface area (TPSA) is 203 Å². The number of hydrogen-bond acceptors (Lipinski definition) is 13. The fourth-order valence-electron chi connectivity index (χ4n) is 4.74. The average Bonchev–Trinajstić information content (AvgIpc) is 3.01. The van der Waals surface area contributed by atoms with Crippen LogP contribution in [-0.4, -0.2) is 72.7 Å². The Kier molecular flexibility index (Phi) is 12.9. The fourth-order valence-corrected chi connectivity index (χ4v) is 4.74. The Morgan fingerprint density at radius 2 is 1.89 bits per heavy atom. The van der Waals surface area contributed by atoms with Gasteiger partial charge < -0.3 is 39.8 Å². The maximum atomic E-state index is 13.3. The molecule has 3 rings (SSSR count). The molecule has 0 aliphatic carbocycles. The SMILES string of the molecule is COC(=O)C1=C(C#N)NC(C)=C(C(=O)OC(C)C)C1c1cc([N+](=O)[O-])ccc1OCCCCNCC(O)COc1cccc(O)c1. The summed E-state index contributed by atoms with van der Waals surface area (Å²) in [6.07, 6.45) is -0.106. The number of aliphatic hydroxyl groups excluding tert-OH is 1. The number of hydrogen-bond donors (Lipinski definition) is 4. The largest absolute Gasteiger partial charge is 0.508 e. The minimum atomic E-state index is -1.27. The van der Waals surface area contributed by atoms with E-state index in [0.29, 0.717) is 25.1 Å². The van der Waals surface area contributed by atoms with Crippen LogP contribution in [0.2, 0.25) is 0 Å². The predicted octanol–water partition coefficient (Wildman–Crippen LogP) is 3.35. The van der Waals surface area contributed by atoms with Crippen molar-refractivity contribution < 1.29 is 43.7 Å². The van der Waals surface area contributed by atoms with Crippen molar-refractivity contribution in [2.24, 2.45) is 0 Å². The molecule has 1 aliphatic rings. The van der Waals surface area contributed by atoms with E-state index in [4.69, 9.17) is 18.9 Å². The molecule has 4 N–H and O–H groups in total. The van der Waals surface area contributed by atoms with Gasteiger partial charge >= 0.3 is 11.9 Å². The van der Waals surface area contributed by atoms with Gasteiger partial charge in [-0.1, -0.05) is 6.07 Å². The molecule has 14 nitrogen and oxygen atoms in total. The highest BCUT2D eigenvalue weighted by molar-refractivity contribution is 6.00. The van der Waals surface area contributed by atoms with Crippen LogP contribution >= 0.6 is 0 Å². The van der Waals surface area contributed by atoms with E-state index in [1.807, 2.05) is 6.07 Å². The standard InChI is InChI=1S/C32H38N4O10/c1-19(2)46-32(40)28-20(3)35-26(16-33)30(31(39)43-4)29(28)25-14-21(36(41)42)10-11-27(25)44-13-6-5-12-34-17-23(38)18-45-24-9-7-8-22(37)15-24/h7-11,14-15,19,23,29,34-35,37-38H,5-6,12-13,17-18H2,1-4H3. The number of nitro benzene ring substituents is 1. The molecule has 14 heteroatoms.